The molecule has 1 aromatic heterocycles. The maximum absolute atomic E-state index is 4.07. The van der Waals surface area contributed by atoms with Crippen LogP contribution in [0.3, 0.4) is 0 Å². The highest BCUT2D eigenvalue weighted by Crippen LogP contribution is 2.17. The van der Waals surface area contributed by atoms with Crippen molar-refractivity contribution in [3.05, 3.63) is 30.1 Å². The highest BCUT2D eigenvalue weighted by molar-refractivity contribution is 5.09. The number of likely N-dealkylation sites (tertiary alicyclic amines) is 1. The van der Waals surface area contributed by atoms with E-state index in [0.29, 0.717) is 0 Å². The molecule has 0 aromatic carbocycles. The molecule has 1 aliphatic rings. The van der Waals surface area contributed by atoms with Crippen molar-refractivity contribution in [1.82, 2.24) is 15.2 Å². The van der Waals surface area contributed by atoms with Crippen molar-refractivity contribution >= 4 is 0 Å². The van der Waals surface area contributed by atoms with E-state index >= 15 is 0 Å². The molecule has 3 heteroatoms. The number of nitrogens with zero attached hydrogens (tertiary/aromatic N) is 2. The Morgan fingerprint density at radius 2 is 2.24 bits per heavy atom. The number of hydrogen-bond donors (Lipinski definition) is 1. The van der Waals surface area contributed by atoms with E-state index in [0.717, 1.165) is 19.0 Å². The van der Waals surface area contributed by atoms with Crippen LogP contribution in [0.25, 0.3) is 0 Å². The van der Waals surface area contributed by atoms with Crippen LogP contribution in [0, 0.1) is 5.92 Å². The summed E-state index contributed by atoms with van der Waals surface area (Å²) in [4.78, 5) is 6.64. The van der Waals surface area contributed by atoms with Gasteiger partial charge < -0.3 is 5.32 Å². The van der Waals surface area contributed by atoms with Crippen LogP contribution in [0.1, 0.15) is 25.3 Å². The molecule has 94 valence electrons. The van der Waals surface area contributed by atoms with E-state index in [1.54, 1.807) is 0 Å². The topological polar surface area (TPSA) is 28.2 Å². The fourth-order valence-electron chi connectivity index (χ4n) is 2.56. The molecule has 0 saturated carbocycles. The molecule has 1 fully saturated rings. The van der Waals surface area contributed by atoms with Crippen molar-refractivity contribution in [2.45, 2.75) is 26.3 Å². The summed E-state index contributed by atoms with van der Waals surface area (Å²) >= 11 is 0. The first-order chi connectivity index (χ1) is 8.38. The summed E-state index contributed by atoms with van der Waals surface area (Å²) < 4.78 is 0. The van der Waals surface area contributed by atoms with Crippen molar-refractivity contribution in [3.8, 4) is 0 Å². The molecule has 3 nitrogen and oxygen atoms in total. The summed E-state index contributed by atoms with van der Waals surface area (Å²) in [5, 5.41) is 3.47. The number of pyridine rings is 1. The molecular weight excluding hydrogens is 210 g/mol. The maximum atomic E-state index is 4.07. The molecule has 1 N–H and O–H groups in total. The first-order valence-electron chi connectivity index (χ1n) is 6.70. The quantitative estimate of drug-likeness (QED) is 0.842. The molecule has 2 rings (SSSR count). The van der Waals surface area contributed by atoms with Gasteiger partial charge in [-0.25, -0.2) is 0 Å². The number of aromatic nitrogens is 1. The molecule has 1 unspecified atom stereocenters. The van der Waals surface area contributed by atoms with Gasteiger partial charge in [0, 0.05) is 25.5 Å². The molecule has 1 aromatic rings. The molecule has 1 saturated heterocycles. The largest absolute Gasteiger partial charge is 0.317 e. The Balaban J connectivity index is 1.81. The van der Waals surface area contributed by atoms with Crippen molar-refractivity contribution in [2.75, 3.05) is 26.2 Å². The maximum Gasteiger partial charge on any atom is 0.0271 e. The van der Waals surface area contributed by atoms with E-state index in [1.807, 2.05) is 12.4 Å². The smallest absolute Gasteiger partial charge is 0.0271 e. The van der Waals surface area contributed by atoms with E-state index in [-0.39, 0.29) is 0 Å². The lowest BCUT2D eigenvalue weighted by molar-refractivity contribution is 0.166. The third-order valence-corrected chi connectivity index (χ3v) is 3.44. The normalized spacial score (nSPS) is 21.6. The Kier molecular flexibility index (Phi) is 4.95. The SMILES string of the molecule is CCNCC1CCCN(Cc2ccncc2)C1. The summed E-state index contributed by atoms with van der Waals surface area (Å²) in [6.07, 6.45) is 6.48. The molecular formula is C14H23N3. The minimum absolute atomic E-state index is 0.825. The van der Waals surface area contributed by atoms with Gasteiger partial charge in [-0.3, -0.25) is 9.88 Å². The van der Waals surface area contributed by atoms with E-state index in [9.17, 15) is 0 Å². The van der Waals surface area contributed by atoms with Crippen molar-refractivity contribution in [2.24, 2.45) is 5.92 Å². The third kappa shape index (κ3) is 4.10. The molecule has 0 aliphatic carbocycles. The van der Waals surface area contributed by atoms with Gasteiger partial charge in [-0.2, -0.15) is 0 Å². The van der Waals surface area contributed by atoms with Gasteiger partial charge in [0.25, 0.3) is 0 Å². The van der Waals surface area contributed by atoms with Gasteiger partial charge in [0.2, 0.25) is 0 Å². The second-order valence-electron chi connectivity index (χ2n) is 4.91. The van der Waals surface area contributed by atoms with Crippen molar-refractivity contribution in [1.29, 1.82) is 0 Å². The Hall–Kier alpha value is -0.930. The average Bonchev–Trinajstić information content (AvgIpc) is 2.38. The van der Waals surface area contributed by atoms with Crippen LogP contribution < -0.4 is 5.32 Å². The number of rotatable bonds is 5. The van der Waals surface area contributed by atoms with Crippen LogP contribution >= 0.6 is 0 Å². The van der Waals surface area contributed by atoms with Gasteiger partial charge in [0.15, 0.2) is 0 Å². The first-order valence-corrected chi connectivity index (χ1v) is 6.70. The van der Waals surface area contributed by atoms with Gasteiger partial charge in [0.1, 0.15) is 0 Å². The van der Waals surface area contributed by atoms with E-state index in [1.165, 1.54) is 38.0 Å². The van der Waals surface area contributed by atoms with Crippen LogP contribution in [0.15, 0.2) is 24.5 Å². The van der Waals surface area contributed by atoms with Crippen LogP contribution in [0.4, 0.5) is 0 Å². The van der Waals surface area contributed by atoms with Crippen LogP contribution in [-0.2, 0) is 6.54 Å². The summed E-state index contributed by atoms with van der Waals surface area (Å²) in [6, 6.07) is 4.24. The lowest BCUT2D eigenvalue weighted by Gasteiger charge is -2.32. The lowest BCUT2D eigenvalue weighted by Crippen LogP contribution is -2.39. The Bertz CT molecular complexity index is 313. The molecule has 0 spiro atoms. The van der Waals surface area contributed by atoms with Gasteiger partial charge in [0.05, 0.1) is 0 Å². The summed E-state index contributed by atoms with van der Waals surface area (Å²) in [5.74, 6) is 0.825. The van der Waals surface area contributed by atoms with Crippen LogP contribution in [0.2, 0.25) is 0 Å². The van der Waals surface area contributed by atoms with Gasteiger partial charge in [-0.05, 0) is 56.1 Å². The molecule has 0 amide bonds. The average molecular weight is 233 g/mol. The standard InChI is InChI=1S/C14H23N3/c1-2-15-10-14-4-3-9-17(12-14)11-13-5-7-16-8-6-13/h5-8,14-15H,2-4,9-12H2,1H3. The zero-order chi connectivity index (χ0) is 11.9. The van der Waals surface area contributed by atoms with Crippen LogP contribution in [-0.4, -0.2) is 36.1 Å². The summed E-state index contributed by atoms with van der Waals surface area (Å²) in [5.41, 5.74) is 1.38. The first kappa shape index (κ1) is 12.5. The second-order valence-corrected chi connectivity index (χ2v) is 4.91. The molecule has 1 atom stereocenters. The second kappa shape index (κ2) is 6.72. The fourth-order valence-corrected chi connectivity index (χ4v) is 2.56. The molecule has 0 bridgehead atoms. The zero-order valence-electron chi connectivity index (χ0n) is 10.7. The van der Waals surface area contributed by atoms with E-state index < -0.39 is 0 Å². The predicted octanol–water partition coefficient (Wildman–Crippen LogP) is 1.90. The van der Waals surface area contributed by atoms with E-state index in [2.05, 4.69) is 34.3 Å². The Morgan fingerprint density at radius 3 is 3.00 bits per heavy atom. The number of hydrogen-bond acceptors (Lipinski definition) is 3. The third-order valence-electron chi connectivity index (χ3n) is 3.44. The fraction of sp³-hybridized carbons (Fsp3) is 0.643. The molecule has 0 radical (unpaired) electrons. The number of piperidine rings is 1. The highest BCUT2D eigenvalue weighted by Gasteiger charge is 2.19. The zero-order valence-corrected chi connectivity index (χ0v) is 10.7. The van der Waals surface area contributed by atoms with E-state index in [4.69, 9.17) is 0 Å². The minimum atomic E-state index is 0.825. The Labute approximate surface area is 104 Å². The predicted molar refractivity (Wildman–Crippen MR) is 70.8 cm³/mol. The monoisotopic (exact) mass is 233 g/mol. The lowest BCUT2D eigenvalue weighted by atomic mass is 9.97. The molecule has 1 aliphatic heterocycles. The van der Waals surface area contributed by atoms with Crippen LogP contribution in [0.5, 0.6) is 0 Å². The van der Waals surface area contributed by atoms with Gasteiger partial charge in [-0.1, -0.05) is 6.92 Å². The summed E-state index contributed by atoms with van der Waals surface area (Å²) in [6.45, 7) is 7.98. The number of nitrogens with one attached hydrogen (secondary N) is 1. The van der Waals surface area contributed by atoms with Gasteiger partial charge >= 0.3 is 0 Å². The van der Waals surface area contributed by atoms with Gasteiger partial charge in [-0.15, -0.1) is 0 Å². The minimum Gasteiger partial charge on any atom is -0.317 e. The highest BCUT2D eigenvalue weighted by atomic mass is 15.1. The van der Waals surface area contributed by atoms with Crippen molar-refractivity contribution < 1.29 is 0 Å². The Morgan fingerprint density at radius 1 is 1.41 bits per heavy atom. The summed E-state index contributed by atoms with van der Waals surface area (Å²) in [7, 11) is 0. The molecule has 2 heterocycles. The molecule has 17 heavy (non-hydrogen) atoms. The van der Waals surface area contributed by atoms with Crippen molar-refractivity contribution in [3.63, 3.8) is 0 Å².